The van der Waals surface area contributed by atoms with E-state index in [0.717, 1.165) is 94.1 Å². The van der Waals surface area contributed by atoms with Crippen LogP contribution in [0.25, 0.3) is 0 Å². The van der Waals surface area contributed by atoms with Gasteiger partial charge in [0.05, 0.1) is 13.7 Å². The number of aliphatic hydroxyl groups is 1. The van der Waals surface area contributed by atoms with Crippen LogP contribution in [-0.2, 0) is 16.8 Å². The first-order valence-corrected chi connectivity index (χ1v) is 18.2. The molecule has 8 nitrogen and oxygen atoms in total. The highest BCUT2D eigenvalue weighted by atomic mass is 16.5. The number of hydrogen-bond acceptors (Lipinski definition) is 7. The van der Waals surface area contributed by atoms with Gasteiger partial charge in [-0.2, -0.15) is 0 Å². The second-order valence-electron chi connectivity index (χ2n) is 13.8. The van der Waals surface area contributed by atoms with E-state index in [1.807, 2.05) is 48.7 Å². The van der Waals surface area contributed by atoms with Crippen LogP contribution >= 0.6 is 0 Å². The van der Waals surface area contributed by atoms with Crippen molar-refractivity contribution < 1.29 is 14.6 Å². The number of hydrogen-bond donors (Lipinski definition) is 2. The molecule has 3 heterocycles. The maximum atomic E-state index is 13.3. The maximum Gasteiger partial charge on any atom is 0.232 e. The van der Waals surface area contributed by atoms with Gasteiger partial charge in [0.15, 0.2) is 0 Å². The normalized spacial score (nSPS) is 18.0. The molecule has 1 aromatic heterocycles. The lowest BCUT2D eigenvalue weighted by Crippen LogP contribution is -2.49. The fourth-order valence-electron chi connectivity index (χ4n) is 8.29. The van der Waals surface area contributed by atoms with Crippen molar-refractivity contribution in [3.8, 4) is 5.75 Å². The quantitative estimate of drug-likeness (QED) is 0.165. The zero-order valence-corrected chi connectivity index (χ0v) is 29.0. The van der Waals surface area contributed by atoms with Crippen LogP contribution in [0.4, 0.5) is 0 Å². The van der Waals surface area contributed by atoms with Crippen LogP contribution in [0.15, 0.2) is 79.1 Å². The van der Waals surface area contributed by atoms with E-state index in [1.165, 1.54) is 38.5 Å². The second-order valence-corrected chi connectivity index (χ2v) is 13.8. The van der Waals surface area contributed by atoms with Crippen molar-refractivity contribution in [2.75, 3.05) is 59.5 Å². The average molecular weight is 656 g/mol. The van der Waals surface area contributed by atoms with Gasteiger partial charge in [-0.25, -0.2) is 0 Å². The number of piperidine rings is 1. The number of nitrogens with two attached hydrogens (primary N) is 1. The molecule has 260 valence electrons. The number of carbonyl (C=O) groups excluding carboxylic acids is 1. The summed E-state index contributed by atoms with van der Waals surface area (Å²) in [7, 11) is 1.72. The highest BCUT2D eigenvalue weighted by molar-refractivity contribution is 5.91. The van der Waals surface area contributed by atoms with Crippen LogP contribution < -0.4 is 10.5 Å². The first-order chi connectivity index (χ1) is 23.6. The Kier molecular flexibility index (Phi) is 13.8. The smallest absolute Gasteiger partial charge is 0.232 e. The molecular formula is C40H57N5O3. The maximum absolute atomic E-state index is 13.3. The molecule has 1 amide bonds. The van der Waals surface area contributed by atoms with Gasteiger partial charge in [0.2, 0.25) is 5.91 Å². The van der Waals surface area contributed by atoms with Gasteiger partial charge in [0.1, 0.15) is 11.2 Å². The highest BCUT2D eigenvalue weighted by Crippen LogP contribution is 2.43. The fraction of sp³-hybridized carbons (Fsp3) is 0.550. The lowest BCUT2D eigenvalue weighted by Gasteiger charge is -2.38. The second kappa shape index (κ2) is 18.5. The number of aliphatic hydroxyl groups excluding tert-OH is 1. The van der Waals surface area contributed by atoms with E-state index in [0.29, 0.717) is 6.04 Å². The van der Waals surface area contributed by atoms with Gasteiger partial charge in [-0.1, -0.05) is 86.3 Å². The van der Waals surface area contributed by atoms with Crippen LogP contribution in [0.2, 0.25) is 0 Å². The molecule has 5 rings (SSSR count). The van der Waals surface area contributed by atoms with Crippen LogP contribution in [-0.4, -0.2) is 96.3 Å². The van der Waals surface area contributed by atoms with E-state index in [4.69, 9.17) is 10.5 Å². The third-order valence-electron chi connectivity index (χ3n) is 10.8. The summed E-state index contributed by atoms with van der Waals surface area (Å²) >= 11 is 0. The Labute approximate surface area is 288 Å². The molecule has 0 saturated carbocycles. The molecule has 0 unspecified atom stereocenters. The van der Waals surface area contributed by atoms with Gasteiger partial charge in [0, 0.05) is 43.6 Å². The van der Waals surface area contributed by atoms with Crippen LogP contribution in [0.3, 0.4) is 0 Å². The molecule has 0 aliphatic carbocycles. The third kappa shape index (κ3) is 9.03. The Morgan fingerprint density at radius 3 is 2.12 bits per heavy atom. The van der Waals surface area contributed by atoms with Gasteiger partial charge in [-0.15, -0.1) is 0 Å². The minimum atomic E-state index is -0.813. The molecule has 2 aliphatic heterocycles. The molecular weight excluding hydrogens is 598 g/mol. The van der Waals surface area contributed by atoms with E-state index in [-0.39, 0.29) is 18.4 Å². The summed E-state index contributed by atoms with van der Waals surface area (Å²) in [6.07, 6.45) is 14.3. The van der Waals surface area contributed by atoms with E-state index in [1.54, 1.807) is 13.3 Å². The predicted molar refractivity (Wildman–Crippen MR) is 193 cm³/mol. The number of methoxy groups -OCH3 is 1. The SMILES string of the molecule is COc1ccncc1CN1CCC(N(CCO)CCCCCCCCN2CC[C@@H](C(C(N)=O)(c3ccccc3)c3ccccc3)C2)CC1. The van der Waals surface area contributed by atoms with Gasteiger partial charge < -0.3 is 20.5 Å². The molecule has 3 N–H and O–H groups in total. The van der Waals surface area contributed by atoms with Crippen molar-refractivity contribution in [2.24, 2.45) is 11.7 Å². The number of carbonyl (C=O) groups is 1. The monoisotopic (exact) mass is 655 g/mol. The fourth-order valence-corrected chi connectivity index (χ4v) is 8.29. The number of amides is 1. The van der Waals surface area contributed by atoms with Gasteiger partial charge in [0.25, 0.3) is 0 Å². The molecule has 0 spiro atoms. The number of aromatic nitrogens is 1. The van der Waals surface area contributed by atoms with Crippen molar-refractivity contribution in [3.63, 3.8) is 0 Å². The molecule has 8 heteroatoms. The van der Waals surface area contributed by atoms with Crippen LogP contribution in [0.1, 0.15) is 74.5 Å². The summed E-state index contributed by atoms with van der Waals surface area (Å²) in [5, 5.41) is 9.77. The van der Waals surface area contributed by atoms with Gasteiger partial charge in [-0.05, 0) is 87.9 Å². The van der Waals surface area contributed by atoms with Crippen LogP contribution in [0.5, 0.6) is 5.75 Å². The van der Waals surface area contributed by atoms with Crippen molar-refractivity contribution >= 4 is 5.91 Å². The molecule has 48 heavy (non-hydrogen) atoms. The Morgan fingerprint density at radius 1 is 0.875 bits per heavy atom. The minimum absolute atomic E-state index is 0.151. The molecule has 1 atom stereocenters. The zero-order chi connectivity index (χ0) is 33.6. The van der Waals surface area contributed by atoms with Crippen molar-refractivity contribution in [3.05, 3.63) is 95.8 Å². The molecule has 3 aromatic rings. The highest BCUT2D eigenvalue weighted by Gasteiger charge is 2.49. The minimum Gasteiger partial charge on any atom is -0.496 e. The summed E-state index contributed by atoms with van der Waals surface area (Å²) in [5.74, 6) is 0.808. The van der Waals surface area contributed by atoms with E-state index in [9.17, 15) is 9.90 Å². The number of pyridine rings is 1. The van der Waals surface area contributed by atoms with E-state index in [2.05, 4.69) is 43.9 Å². The number of benzene rings is 2. The summed E-state index contributed by atoms with van der Waals surface area (Å²) in [5.41, 5.74) is 8.61. The largest absolute Gasteiger partial charge is 0.496 e. The molecule has 2 fully saturated rings. The molecule has 2 aromatic carbocycles. The summed E-state index contributed by atoms with van der Waals surface area (Å²) in [6.45, 7) is 8.03. The number of primary amides is 1. The Morgan fingerprint density at radius 2 is 1.50 bits per heavy atom. The molecule has 2 aliphatic rings. The van der Waals surface area contributed by atoms with Gasteiger partial charge in [-0.3, -0.25) is 19.6 Å². The number of unbranched alkanes of at least 4 members (excludes halogenated alkanes) is 5. The summed E-state index contributed by atoms with van der Waals surface area (Å²) in [6, 6.07) is 22.8. The van der Waals surface area contributed by atoms with Gasteiger partial charge >= 0.3 is 0 Å². The lowest BCUT2D eigenvalue weighted by molar-refractivity contribution is -0.123. The number of nitrogens with zero attached hydrogens (tertiary/aromatic N) is 4. The predicted octanol–water partition coefficient (Wildman–Crippen LogP) is 5.48. The lowest BCUT2D eigenvalue weighted by atomic mass is 9.64. The first kappa shape index (κ1) is 36.0. The Bertz CT molecular complexity index is 1330. The summed E-state index contributed by atoms with van der Waals surface area (Å²) in [4.78, 5) is 25.2. The zero-order valence-electron chi connectivity index (χ0n) is 29.0. The Hall–Kier alpha value is -3.30. The first-order valence-electron chi connectivity index (χ1n) is 18.2. The topological polar surface area (TPSA) is 95.2 Å². The van der Waals surface area contributed by atoms with Crippen molar-refractivity contribution in [1.29, 1.82) is 0 Å². The number of likely N-dealkylation sites (tertiary alicyclic amines) is 2. The average Bonchev–Trinajstić information content (AvgIpc) is 3.59. The number of rotatable bonds is 19. The molecule has 0 radical (unpaired) electrons. The Balaban J connectivity index is 1.00. The summed E-state index contributed by atoms with van der Waals surface area (Å²) < 4.78 is 5.52. The van der Waals surface area contributed by atoms with Crippen molar-refractivity contribution in [2.45, 2.75) is 75.8 Å². The molecule has 2 saturated heterocycles. The molecule has 0 bridgehead atoms. The number of ether oxygens (including phenoxy) is 1. The third-order valence-corrected chi connectivity index (χ3v) is 10.8. The van der Waals surface area contributed by atoms with Crippen LogP contribution in [0, 0.1) is 5.92 Å². The van der Waals surface area contributed by atoms with Crippen molar-refractivity contribution in [1.82, 2.24) is 19.7 Å². The van der Waals surface area contributed by atoms with E-state index >= 15 is 0 Å². The van der Waals surface area contributed by atoms with E-state index < -0.39 is 5.41 Å². The standard InChI is InChI=1S/C40H57N5O3/c1-48-38-18-22-42-30-33(38)31-44-26-20-37(21-27-44)45(28-29-46)24-13-5-3-2-4-12-23-43-25-19-36(32-43)40(39(41)47,34-14-8-6-9-15-34)35-16-10-7-11-17-35/h6-11,14-18,22,30,36-37,46H,2-5,12-13,19-21,23-29,31-32H2,1H3,(H2,41,47)/t36-/m1/s1.